The minimum atomic E-state index is 0.0508. The molecule has 0 aliphatic carbocycles. The van der Waals surface area contributed by atoms with Gasteiger partial charge in [-0.2, -0.15) is 0 Å². The second-order valence-corrected chi connectivity index (χ2v) is 7.09. The smallest absolute Gasteiger partial charge is 0.253 e. The fourth-order valence-electron chi connectivity index (χ4n) is 3.45. The first-order chi connectivity index (χ1) is 12.6. The Labute approximate surface area is 157 Å². The molecule has 0 radical (unpaired) electrons. The molecule has 134 valence electrons. The van der Waals surface area contributed by atoms with E-state index in [9.17, 15) is 4.79 Å². The van der Waals surface area contributed by atoms with Gasteiger partial charge >= 0.3 is 0 Å². The molecule has 1 aliphatic heterocycles. The summed E-state index contributed by atoms with van der Waals surface area (Å²) in [6.07, 6.45) is 0. The summed E-state index contributed by atoms with van der Waals surface area (Å²) in [5.74, 6) is 1.11. The molecular formula is C20H21ClN4O. The number of imidazole rings is 1. The molecule has 1 aromatic heterocycles. The minimum Gasteiger partial charge on any atom is -0.336 e. The van der Waals surface area contributed by atoms with E-state index < -0.39 is 0 Å². The molecule has 4 rings (SSSR count). The van der Waals surface area contributed by atoms with Gasteiger partial charge in [0.1, 0.15) is 5.82 Å². The van der Waals surface area contributed by atoms with Gasteiger partial charge < -0.3 is 9.47 Å². The van der Waals surface area contributed by atoms with Crippen molar-refractivity contribution < 1.29 is 4.79 Å². The van der Waals surface area contributed by atoms with Crippen LogP contribution in [0.4, 0.5) is 0 Å². The topological polar surface area (TPSA) is 41.4 Å². The Balaban J connectivity index is 1.40. The lowest BCUT2D eigenvalue weighted by Crippen LogP contribution is -2.48. The van der Waals surface area contributed by atoms with E-state index in [1.165, 1.54) is 0 Å². The highest BCUT2D eigenvalue weighted by Gasteiger charge is 2.23. The molecule has 1 aliphatic rings. The summed E-state index contributed by atoms with van der Waals surface area (Å²) in [5, 5.41) is 0.594. The fourth-order valence-corrected chi connectivity index (χ4v) is 3.64. The summed E-state index contributed by atoms with van der Waals surface area (Å²) in [5.41, 5.74) is 2.83. The van der Waals surface area contributed by atoms with E-state index >= 15 is 0 Å². The van der Waals surface area contributed by atoms with Gasteiger partial charge in [-0.3, -0.25) is 9.69 Å². The summed E-state index contributed by atoms with van der Waals surface area (Å²) in [4.78, 5) is 21.6. The van der Waals surface area contributed by atoms with Crippen LogP contribution in [-0.4, -0.2) is 51.4 Å². The third-order valence-corrected chi connectivity index (χ3v) is 5.21. The summed E-state index contributed by atoms with van der Waals surface area (Å²) in [6, 6.07) is 15.3. The summed E-state index contributed by atoms with van der Waals surface area (Å²) < 4.78 is 2.15. The van der Waals surface area contributed by atoms with Gasteiger partial charge in [0, 0.05) is 43.8 Å². The van der Waals surface area contributed by atoms with Crippen LogP contribution >= 0.6 is 11.6 Å². The van der Waals surface area contributed by atoms with Gasteiger partial charge in [0.15, 0.2) is 0 Å². The van der Waals surface area contributed by atoms with E-state index in [0.717, 1.165) is 49.6 Å². The number of fused-ring (bicyclic) bond motifs is 1. The van der Waals surface area contributed by atoms with E-state index in [2.05, 4.69) is 22.6 Å². The number of hydrogen-bond donors (Lipinski definition) is 0. The predicted octanol–water partition coefficient (Wildman–Crippen LogP) is 3.18. The Morgan fingerprint density at radius 1 is 1.08 bits per heavy atom. The van der Waals surface area contributed by atoms with Crippen molar-refractivity contribution in [2.24, 2.45) is 7.05 Å². The normalized spacial score (nSPS) is 15.5. The molecule has 0 N–H and O–H groups in total. The molecule has 0 unspecified atom stereocenters. The van der Waals surface area contributed by atoms with Crippen LogP contribution in [0.2, 0.25) is 5.02 Å². The lowest BCUT2D eigenvalue weighted by molar-refractivity contribution is 0.0624. The molecule has 0 spiro atoms. The molecule has 5 nitrogen and oxygen atoms in total. The number of carbonyl (C=O) groups is 1. The second kappa shape index (κ2) is 7.09. The molecule has 26 heavy (non-hydrogen) atoms. The molecule has 2 aromatic carbocycles. The highest BCUT2D eigenvalue weighted by Crippen LogP contribution is 2.17. The first-order valence-corrected chi connectivity index (χ1v) is 9.17. The lowest BCUT2D eigenvalue weighted by atomic mass is 10.2. The number of aromatic nitrogens is 2. The monoisotopic (exact) mass is 368 g/mol. The molecule has 1 fully saturated rings. The zero-order valence-corrected chi connectivity index (χ0v) is 15.5. The Morgan fingerprint density at radius 3 is 2.58 bits per heavy atom. The number of benzene rings is 2. The van der Waals surface area contributed by atoms with E-state index in [-0.39, 0.29) is 5.91 Å². The van der Waals surface area contributed by atoms with Crippen LogP contribution in [0.3, 0.4) is 0 Å². The number of aryl methyl sites for hydroxylation is 1. The zero-order valence-electron chi connectivity index (χ0n) is 14.7. The van der Waals surface area contributed by atoms with E-state index in [1.54, 1.807) is 12.1 Å². The maximum atomic E-state index is 12.6. The third-order valence-electron chi connectivity index (χ3n) is 4.98. The number of para-hydroxylation sites is 2. The first kappa shape index (κ1) is 17.1. The van der Waals surface area contributed by atoms with Crippen LogP contribution in [0.1, 0.15) is 16.2 Å². The van der Waals surface area contributed by atoms with Gasteiger partial charge in [-0.05, 0) is 30.3 Å². The molecule has 6 heteroatoms. The maximum Gasteiger partial charge on any atom is 0.253 e. The van der Waals surface area contributed by atoms with Crippen LogP contribution in [-0.2, 0) is 13.6 Å². The number of rotatable bonds is 3. The van der Waals surface area contributed by atoms with Gasteiger partial charge in [0.05, 0.1) is 17.6 Å². The van der Waals surface area contributed by atoms with Crippen molar-refractivity contribution in [2.75, 3.05) is 26.2 Å². The molecule has 3 aromatic rings. The molecule has 0 bridgehead atoms. The standard InChI is InChI=1S/C20H21ClN4O/c1-23-18-8-3-2-7-17(18)22-19(23)14-24-9-11-25(12-10-24)20(26)15-5-4-6-16(21)13-15/h2-8,13H,9-12,14H2,1H3. The van der Waals surface area contributed by atoms with Gasteiger partial charge in [0.25, 0.3) is 5.91 Å². The van der Waals surface area contributed by atoms with Crippen LogP contribution < -0.4 is 0 Å². The highest BCUT2D eigenvalue weighted by molar-refractivity contribution is 6.30. The van der Waals surface area contributed by atoms with E-state index in [0.29, 0.717) is 10.6 Å². The maximum absolute atomic E-state index is 12.6. The largest absolute Gasteiger partial charge is 0.336 e. The molecular weight excluding hydrogens is 348 g/mol. The number of hydrogen-bond acceptors (Lipinski definition) is 3. The van der Waals surface area contributed by atoms with Crippen LogP contribution in [0.25, 0.3) is 11.0 Å². The molecule has 2 heterocycles. The average Bonchev–Trinajstić information content (AvgIpc) is 2.98. The van der Waals surface area contributed by atoms with Gasteiger partial charge in [-0.25, -0.2) is 4.98 Å². The third kappa shape index (κ3) is 3.32. The number of carbonyl (C=O) groups excluding carboxylic acids is 1. The molecule has 0 saturated carbocycles. The van der Waals surface area contributed by atoms with Crippen molar-refractivity contribution in [3.05, 3.63) is 64.9 Å². The van der Waals surface area contributed by atoms with Crippen molar-refractivity contribution in [3.63, 3.8) is 0 Å². The van der Waals surface area contributed by atoms with Crippen molar-refractivity contribution in [1.29, 1.82) is 0 Å². The number of halogens is 1. The van der Waals surface area contributed by atoms with Crippen LogP contribution in [0.15, 0.2) is 48.5 Å². The summed E-state index contributed by atoms with van der Waals surface area (Å²) in [7, 11) is 2.06. The van der Waals surface area contributed by atoms with Gasteiger partial charge in [-0.15, -0.1) is 0 Å². The number of nitrogens with zero attached hydrogens (tertiary/aromatic N) is 4. The van der Waals surface area contributed by atoms with Crippen LogP contribution in [0.5, 0.6) is 0 Å². The fraction of sp³-hybridized carbons (Fsp3) is 0.300. The van der Waals surface area contributed by atoms with Crippen LogP contribution in [0, 0.1) is 0 Å². The predicted molar refractivity (Wildman–Crippen MR) is 103 cm³/mol. The Bertz CT molecular complexity index is 944. The van der Waals surface area contributed by atoms with Crippen molar-refractivity contribution >= 4 is 28.5 Å². The summed E-state index contributed by atoms with van der Waals surface area (Å²) in [6.45, 7) is 3.92. The molecule has 1 amide bonds. The summed E-state index contributed by atoms with van der Waals surface area (Å²) >= 11 is 6.00. The van der Waals surface area contributed by atoms with E-state index in [1.807, 2.05) is 35.2 Å². The Hall–Kier alpha value is -2.37. The van der Waals surface area contributed by atoms with Crippen molar-refractivity contribution in [1.82, 2.24) is 19.4 Å². The van der Waals surface area contributed by atoms with E-state index in [4.69, 9.17) is 16.6 Å². The Kier molecular flexibility index (Phi) is 4.66. The lowest BCUT2D eigenvalue weighted by Gasteiger charge is -2.34. The van der Waals surface area contributed by atoms with Crippen molar-refractivity contribution in [3.8, 4) is 0 Å². The number of piperazine rings is 1. The zero-order chi connectivity index (χ0) is 18.1. The van der Waals surface area contributed by atoms with Gasteiger partial charge in [0.2, 0.25) is 0 Å². The quantitative estimate of drug-likeness (QED) is 0.713. The Morgan fingerprint density at radius 2 is 1.85 bits per heavy atom. The highest BCUT2D eigenvalue weighted by atomic mass is 35.5. The number of amides is 1. The second-order valence-electron chi connectivity index (χ2n) is 6.65. The average molecular weight is 369 g/mol. The SMILES string of the molecule is Cn1c(CN2CCN(C(=O)c3cccc(Cl)c3)CC2)nc2ccccc21. The van der Waals surface area contributed by atoms with Crippen molar-refractivity contribution in [2.45, 2.75) is 6.54 Å². The molecule has 1 saturated heterocycles. The molecule has 0 atom stereocenters. The minimum absolute atomic E-state index is 0.0508. The first-order valence-electron chi connectivity index (χ1n) is 8.79. The van der Waals surface area contributed by atoms with Gasteiger partial charge in [-0.1, -0.05) is 29.8 Å².